The van der Waals surface area contributed by atoms with Gasteiger partial charge in [0.1, 0.15) is 0 Å². The largest absolute Gasteiger partial charge is 0.379 e. The highest BCUT2D eigenvalue weighted by Crippen LogP contribution is 2.07. The van der Waals surface area contributed by atoms with Gasteiger partial charge in [-0.15, -0.1) is 0 Å². The van der Waals surface area contributed by atoms with E-state index in [0.29, 0.717) is 0 Å². The van der Waals surface area contributed by atoms with Crippen LogP contribution in [0.25, 0.3) is 0 Å². The molecule has 3 nitrogen and oxygen atoms in total. The van der Waals surface area contributed by atoms with Crippen LogP contribution in [0, 0.1) is 0 Å². The second-order valence-electron chi connectivity index (χ2n) is 4.94. The second kappa shape index (κ2) is 11.2. The Hall–Kier alpha value is 0.0969. The molecule has 0 aliphatic heterocycles. The number of ether oxygens (including phenoxy) is 2. The van der Waals surface area contributed by atoms with E-state index in [-0.39, 0.29) is 12.2 Å². The van der Waals surface area contributed by atoms with Crippen molar-refractivity contribution in [2.75, 3.05) is 0 Å². The molecule has 0 saturated heterocycles. The minimum absolute atomic E-state index is 0.146. The summed E-state index contributed by atoms with van der Waals surface area (Å²) in [6.07, 6.45) is 5.53. The molecular formula is C13H30O3Si. The zero-order valence-electron chi connectivity index (χ0n) is 12.2. The van der Waals surface area contributed by atoms with Crippen LogP contribution in [-0.4, -0.2) is 28.4 Å². The zero-order chi connectivity index (χ0) is 13.1. The first-order valence-corrected chi connectivity index (χ1v) is 8.56. The maximum Gasteiger partial charge on any atom is 0.262 e. The molecule has 17 heavy (non-hydrogen) atoms. The van der Waals surface area contributed by atoms with E-state index in [1.54, 1.807) is 0 Å². The van der Waals surface area contributed by atoms with Gasteiger partial charge < -0.3 is 13.9 Å². The first-order valence-electron chi connectivity index (χ1n) is 6.98. The summed E-state index contributed by atoms with van der Waals surface area (Å²) < 4.78 is 16.9. The summed E-state index contributed by atoms with van der Waals surface area (Å²) in [6.45, 7) is 9.79. The van der Waals surface area contributed by atoms with E-state index in [1.165, 1.54) is 31.7 Å². The van der Waals surface area contributed by atoms with Crippen molar-refractivity contribution in [3.8, 4) is 0 Å². The van der Waals surface area contributed by atoms with Gasteiger partial charge in [-0.25, -0.2) is 0 Å². The monoisotopic (exact) mass is 262 g/mol. The summed E-state index contributed by atoms with van der Waals surface area (Å²) in [4.78, 5) is 0. The second-order valence-corrected chi connectivity index (χ2v) is 6.39. The lowest BCUT2D eigenvalue weighted by Crippen LogP contribution is -2.28. The Morgan fingerprint density at radius 2 is 1.47 bits per heavy atom. The summed E-state index contributed by atoms with van der Waals surface area (Å²) in [7, 11) is -0.500. The molecular weight excluding hydrogens is 232 g/mol. The molecule has 0 aliphatic carbocycles. The number of hydrogen-bond acceptors (Lipinski definition) is 3. The number of unbranched alkanes of at least 4 members (excludes halogenated alkanes) is 3. The van der Waals surface area contributed by atoms with Crippen molar-refractivity contribution >= 4 is 9.76 Å². The van der Waals surface area contributed by atoms with Gasteiger partial charge in [-0.1, -0.05) is 32.6 Å². The summed E-state index contributed by atoms with van der Waals surface area (Å²) in [5.74, 6) is 0. The molecule has 0 radical (unpaired) electrons. The molecule has 0 rings (SSSR count). The molecule has 104 valence electrons. The van der Waals surface area contributed by atoms with Crippen molar-refractivity contribution in [3.63, 3.8) is 0 Å². The molecule has 0 N–H and O–H groups in total. The quantitative estimate of drug-likeness (QED) is 0.325. The van der Waals surface area contributed by atoms with Crippen LogP contribution in [0.3, 0.4) is 0 Å². The highest BCUT2D eigenvalue weighted by molar-refractivity contribution is 6.27. The summed E-state index contributed by atoms with van der Waals surface area (Å²) in [5.41, 5.74) is 0. The van der Waals surface area contributed by atoms with Gasteiger partial charge in [0.25, 0.3) is 6.48 Å². The Morgan fingerprint density at radius 3 is 1.94 bits per heavy atom. The van der Waals surface area contributed by atoms with Crippen molar-refractivity contribution in [3.05, 3.63) is 0 Å². The Kier molecular flexibility index (Phi) is 11.3. The third kappa shape index (κ3) is 12.3. The van der Waals surface area contributed by atoms with Gasteiger partial charge in [-0.05, 0) is 33.7 Å². The van der Waals surface area contributed by atoms with Crippen LogP contribution in [0.1, 0.15) is 60.3 Å². The molecule has 0 aromatic heterocycles. The maximum absolute atomic E-state index is 5.74. The van der Waals surface area contributed by atoms with E-state index in [2.05, 4.69) is 6.92 Å². The van der Waals surface area contributed by atoms with Crippen LogP contribution in [0.5, 0.6) is 0 Å². The molecule has 0 spiro atoms. The number of rotatable bonds is 11. The van der Waals surface area contributed by atoms with Crippen LogP contribution in [0.4, 0.5) is 0 Å². The molecule has 0 fully saturated rings. The molecule has 0 unspecified atom stereocenters. The molecule has 0 aliphatic rings. The van der Waals surface area contributed by atoms with Crippen molar-refractivity contribution < 1.29 is 13.9 Å². The Morgan fingerprint density at radius 1 is 0.882 bits per heavy atom. The first-order chi connectivity index (χ1) is 8.06. The van der Waals surface area contributed by atoms with E-state index in [0.717, 1.165) is 0 Å². The molecule has 0 bridgehead atoms. The standard InChI is InChI=1S/C13H30O3Si/c1-6-7-8-9-10-17-16-13(14-11(2)3)15-12(4)5/h11-13H,6-10,17H2,1-5H3. The average Bonchev–Trinajstić information content (AvgIpc) is 2.21. The van der Waals surface area contributed by atoms with Crippen LogP contribution in [0.15, 0.2) is 0 Å². The van der Waals surface area contributed by atoms with Crippen LogP contribution in [0.2, 0.25) is 6.04 Å². The molecule has 0 aromatic carbocycles. The molecule has 0 amide bonds. The lowest BCUT2D eigenvalue weighted by Gasteiger charge is -2.23. The fraction of sp³-hybridized carbons (Fsp3) is 1.00. The van der Waals surface area contributed by atoms with Crippen LogP contribution >= 0.6 is 0 Å². The van der Waals surface area contributed by atoms with Gasteiger partial charge in [-0.2, -0.15) is 0 Å². The topological polar surface area (TPSA) is 27.7 Å². The van der Waals surface area contributed by atoms with Gasteiger partial charge in [0, 0.05) is 0 Å². The van der Waals surface area contributed by atoms with E-state index >= 15 is 0 Å². The molecule has 4 heteroatoms. The highest BCUT2D eigenvalue weighted by atomic mass is 28.2. The first kappa shape index (κ1) is 17.1. The van der Waals surface area contributed by atoms with Crippen LogP contribution < -0.4 is 0 Å². The van der Waals surface area contributed by atoms with Crippen molar-refractivity contribution in [1.82, 2.24) is 0 Å². The predicted octanol–water partition coefficient (Wildman–Crippen LogP) is 3.22. The molecule has 0 heterocycles. The van der Waals surface area contributed by atoms with Crippen molar-refractivity contribution in [2.45, 2.75) is 85.0 Å². The molecule has 0 aromatic rings. The summed E-state index contributed by atoms with van der Waals surface area (Å²) in [5, 5.41) is 0. The molecule has 0 atom stereocenters. The fourth-order valence-electron chi connectivity index (χ4n) is 1.44. The van der Waals surface area contributed by atoms with Gasteiger partial charge in [0.15, 0.2) is 9.76 Å². The lowest BCUT2D eigenvalue weighted by atomic mass is 10.2. The Labute approximate surface area is 109 Å². The van der Waals surface area contributed by atoms with Gasteiger partial charge in [-0.3, -0.25) is 0 Å². The summed E-state index contributed by atoms with van der Waals surface area (Å²) >= 11 is 0. The van der Waals surface area contributed by atoms with E-state index in [1.807, 2.05) is 27.7 Å². The zero-order valence-corrected chi connectivity index (χ0v) is 13.6. The van der Waals surface area contributed by atoms with Gasteiger partial charge in [0.05, 0.1) is 12.2 Å². The minimum atomic E-state index is -0.500. The van der Waals surface area contributed by atoms with E-state index < -0.39 is 16.2 Å². The summed E-state index contributed by atoms with van der Waals surface area (Å²) in [6, 6.07) is 1.22. The van der Waals surface area contributed by atoms with E-state index in [9.17, 15) is 0 Å². The van der Waals surface area contributed by atoms with Gasteiger partial charge >= 0.3 is 0 Å². The number of hydrogen-bond donors (Lipinski definition) is 0. The van der Waals surface area contributed by atoms with Crippen molar-refractivity contribution in [1.29, 1.82) is 0 Å². The predicted molar refractivity (Wildman–Crippen MR) is 74.8 cm³/mol. The van der Waals surface area contributed by atoms with Crippen molar-refractivity contribution in [2.24, 2.45) is 0 Å². The third-order valence-corrected chi connectivity index (χ3v) is 3.56. The highest BCUT2D eigenvalue weighted by Gasteiger charge is 2.13. The fourth-order valence-corrected chi connectivity index (χ4v) is 2.51. The Balaban J connectivity index is 3.60. The Bertz CT molecular complexity index is 153. The third-order valence-electron chi connectivity index (χ3n) is 2.27. The lowest BCUT2D eigenvalue weighted by molar-refractivity contribution is -0.275. The maximum atomic E-state index is 5.74. The smallest absolute Gasteiger partial charge is 0.262 e. The van der Waals surface area contributed by atoms with E-state index in [4.69, 9.17) is 13.9 Å². The molecule has 0 saturated carbocycles. The SMILES string of the molecule is CCCCCC[SiH2]OC(OC(C)C)OC(C)C. The minimum Gasteiger partial charge on any atom is -0.379 e. The normalized spacial score (nSPS) is 12.7. The van der Waals surface area contributed by atoms with Gasteiger partial charge in [0.2, 0.25) is 0 Å². The average molecular weight is 262 g/mol. The van der Waals surface area contributed by atoms with Crippen LogP contribution in [-0.2, 0) is 13.9 Å².